The van der Waals surface area contributed by atoms with E-state index in [-0.39, 0.29) is 5.91 Å². The van der Waals surface area contributed by atoms with E-state index in [0.29, 0.717) is 11.4 Å². The zero-order chi connectivity index (χ0) is 13.8. The van der Waals surface area contributed by atoms with E-state index < -0.39 is 0 Å². The summed E-state index contributed by atoms with van der Waals surface area (Å²) in [5.74, 6) is 5.59. The fourth-order valence-corrected chi connectivity index (χ4v) is 2.19. The van der Waals surface area contributed by atoms with E-state index in [0.717, 1.165) is 15.0 Å². The van der Waals surface area contributed by atoms with Crippen LogP contribution in [-0.2, 0) is 0 Å². The van der Waals surface area contributed by atoms with Gasteiger partial charge in [0.25, 0.3) is 5.91 Å². The molecule has 0 atom stereocenters. The highest BCUT2D eigenvalue weighted by molar-refractivity contribution is 14.1. The standard InChI is InChI=1S/C13H13IN4O/c1-8-5-9(6-12(16-8)18-15)13(19)17-11-4-2-3-10(14)7-11/h2-7H,15H2,1H3,(H,16,18)(H,17,19). The number of carbonyl (C=O) groups is 1. The van der Waals surface area contributed by atoms with Crippen LogP contribution in [0.2, 0.25) is 0 Å². The molecular formula is C13H13IN4O. The van der Waals surface area contributed by atoms with Crippen LogP contribution >= 0.6 is 22.6 Å². The minimum atomic E-state index is -0.191. The highest BCUT2D eigenvalue weighted by Gasteiger charge is 2.08. The number of nitrogens with one attached hydrogen (secondary N) is 2. The molecule has 1 amide bonds. The van der Waals surface area contributed by atoms with Crippen LogP contribution in [0.4, 0.5) is 11.5 Å². The van der Waals surface area contributed by atoms with Crippen molar-refractivity contribution in [3.8, 4) is 0 Å². The Kier molecular flexibility index (Phi) is 4.33. The first-order valence-electron chi connectivity index (χ1n) is 5.61. The molecule has 1 aromatic carbocycles. The summed E-state index contributed by atoms with van der Waals surface area (Å²) in [4.78, 5) is 16.3. The molecule has 1 aromatic heterocycles. The van der Waals surface area contributed by atoms with Gasteiger partial charge in [-0.1, -0.05) is 6.07 Å². The fourth-order valence-electron chi connectivity index (χ4n) is 1.64. The summed E-state index contributed by atoms with van der Waals surface area (Å²) in [6.07, 6.45) is 0. The largest absolute Gasteiger partial charge is 0.322 e. The van der Waals surface area contributed by atoms with Crippen LogP contribution in [-0.4, -0.2) is 10.9 Å². The van der Waals surface area contributed by atoms with E-state index >= 15 is 0 Å². The van der Waals surface area contributed by atoms with Gasteiger partial charge in [-0.05, 0) is 59.8 Å². The number of nitrogens with two attached hydrogens (primary N) is 1. The van der Waals surface area contributed by atoms with Gasteiger partial charge in [-0.15, -0.1) is 0 Å². The summed E-state index contributed by atoms with van der Waals surface area (Å²) in [5, 5.41) is 2.84. The van der Waals surface area contributed by atoms with Crippen molar-refractivity contribution >= 4 is 40.0 Å². The number of aryl methyl sites for hydroxylation is 1. The number of amides is 1. The number of carbonyl (C=O) groups excluding carboxylic acids is 1. The summed E-state index contributed by atoms with van der Waals surface area (Å²) in [5.41, 5.74) is 4.44. The van der Waals surface area contributed by atoms with Crippen LogP contribution < -0.4 is 16.6 Å². The summed E-state index contributed by atoms with van der Waals surface area (Å²) in [6.45, 7) is 1.81. The number of halogens is 1. The van der Waals surface area contributed by atoms with E-state index in [1.54, 1.807) is 12.1 Å². The SMILES string of the molecule is Cc1cc(C(=O)Nc2cccc(I)c2)cc(NN)n1. The summed E-state index contributed by atoms with van der Waals surface area (Å²) in [6, 6.07) is 10.9. The summed E-state index contributed by atoms with van der Waals surface area (Å²) >= 11 is 2.20. The minimum Gasteiger partial charge on any atom is -0.322 e. The second kappa shape index (κ2) is 5.98. The molecule has 6 heteroatoms. The third-order valence-electron chi connectivity index (χ3n) is 2.45. The second-order valence-electron chi connectivity index (χ2n) is 3.99. The second-order valence-corrected chi connectivity index (χ2v) is 5.24. The maximum absolute atomic E-state index is 12.1. The summed E-state index contributed by atoms with van der Waals surface area (Å²) < 4.78 is 1.06. The Balaban J connectivity index is 2.22. The third-order valence-corrected chi connectivity index (χ3v) is 3.12. The summed E-state index contributed by atoms with van der Waals surface area (Å²) in [7, 11) is 0. The van der Waals surface area contributed by atoms with E-state index in [4.69, 9.17) is 5.84 Å². The van der Waals surface area contributed by atoms with Gasteiger partial charge in [-0.3, -0.25) is 4.79 Å². The molecule has 0 aliphatic carbocycles. The molecule has 0 aliphatic rings. The molecule has 2 rings (SSSR count). The number of hydrazine groups is 1. The predicted octanol–water partition coefficient (Wildman–Crippen LogP) is 2.53. The molecule has 0 fully saturated rings. The quantitative estimate of drug-likeness (QED) is 0.442. The Bertz CT molecular complexity index is 615. The van der Waals surface area contributed by atoms with Crippen LogP contribution in [0.15, 0.2) is 36.4 Å². The van der Waals surface area contributed by atoms with Crippen molar-refractivity contribution in [1.29, 1.82) is 0 Å². The van der Waals surface area contributed by atoms with E-state index in [1.165, 1.54) is 0 Å². The zero-order valence-electron chi connectivity index (χ0n) is 10.3. The Morgan fingerprint density at radius 2 is 2.11 bits per heavy atom. The molecule has 0 saturated carbocycles. The molecule has 0 spiro atoms. The fraction of sp³-hybridized carbons (Fsp3) is 0.0769. The minimum absolute atomic E-state index is 0.191. The molecule has 0 unspecified atom stereocenters. The van der Waals surface area contributed by atoms with Gasteiger partial charge in [0.15, 0.2) is 0 Å². The van der Waals surface area contributed by atoms with Gasteiger partial charge >= 0.3 is 0 Å². The first kappa shape index (κ1) is 13.8. The zero-order valence-corrected chi connectivity index (χ0v) is 12.4. The Morgan fingerprint density at radius 1 is 1.32 bits per heavy atom. The molecule has 0 saturated heterocycles. The first-order chi connectivity index (χ1) is 9.08. The highest BCUT2D eigenvalue weighted by Crippen LogP contribution is 2.15. The number of hydrogen-bond acceptors (Lipinski definition) is 4. The lowest BCUT2D eigenvalue weighted by Crippen LogP contribution is -2.15. The third kappa shape index (κ3) is 3.65. The maximum atomic E-state index is 12.1. The number of aromatic nitrogens is 1. The lowest BCUT2D eigenvalue weighted by atomic mass is 10.2. The van der Waals surface area contributed by atoms with Gasteiger partial charge in [0.1, 0.15) is 5.82 Å². The van der Waals surface area contributed by atoms with Crippen molar-refractivity contribution in [1.82, 2.24) is 4.98 Å². The van der Waals surface area contributed by atoms with Crippen LogP contribution in [0.25, 0.3) is 0 Å². The van der Waals surface area contributed by atoms with E-state index in [2.05, 4.69) is 38.3 Å². The van der Waals surface area contributed by atoms with Crippen molar-refractivity contribution < 1.29 is 4.79 Å². The number of hydrogen-bond donors (Lipinski definition) is 3. The van der Waals surface area contributed by atoms with Crippen LogP contribution in [0.1, 0.15) is 16.1 Å². The molecule has 4 N–H and O–H groups in total. The van der Waals surface area contributed by atoms with Gasteiger partial charge in [0, 0.05) is 20.5 Å². The number of nitrogen functional groups attached to an aromatic ring is 1. The normalized spacial score (nSPS) is 10.1. The van der Waals surface area contributed by atoms with Gasteiger partial charge in [0.05, 0.1) is 0 Å². The Hall–Kier alpha value is -1.67. The van der Waals surface area contributed by atoms with Gasteiger partial charge in [0.2, 0.25) is 0 Å². The van der Waals surface area contributed by atoms with Crippen molar-refractivity contribution in [2.75, 3.05) is 10.7 Å². The molecule has 1 heterocycles. The Morgan fingerprint density at radius 3 is 2.79 bits per heavy atom. The van der Waals surface area contributed by atoms with Crippen molar-refractivity contribution in [3.63, 3.8) is 0 Å². The van der Waals surface area contributed by atoms with Crippen LogP contribution in [0, 0.1) is 10.5 Å². The van der Waals surface area contributed by atoms with Crippen molar-refractivity contribution in [2.45, 2.75) is 6.92 Å². The van der Waals surface area contributed by atoms with Crippen molar-refractivity contribution in [2.24, 2.45) is 5.84 Å². The lowest BCUT2D eigenvalue weighted by Gasteiger charge is -2.08. The predicted molar refractivity (Wildman–Crippen MR) is 83.9 cm³/mol. The number of pyridine rings is 1. The number of rotatable bonds is 3. The average molecular weight is 368 g/mol. The molecule has 2 aromatic rings. The molecule has 0 aliphatic heterocycles. The van der Waals surface area contributed by atoms with Gasteiger partial charge in [-0.2, -0.15) is 0 Å². The van der Waals surface area contributed by atoms with Gasteiger partial charge in [-0.25, -0.2) is 10.8 Å². The first-order valence-corrected chi connectivity index (χ1v) is 6.68. The molecule has 19 heavy (non-hydrogen) atoms. The molecular weight excluding hydrogens is 355 g/mol. The maximum Gasteiger partial charge on any atom is 0.255 e. The van der Waals surface area contributed by atoms with Gasteiger partial charge < -0.3 is 10.7 Å². The Labute approximate surface area is 124 Å². The molecule has 0 bridgehead atoms. The topological polar surface area (TPSA) is 80.0 Å². The smallest absolute Gasteiger partial charge is 0.255 e. The average Bonchev–Trinajstić information content (AvgIpc) is 2.38. The number of benzene rings is 1. The molecule has 5 nitrogen and oxygen atoms in total. The van der Waals surface area contributed by atoms with E-state index in [9.17, 15) is 4.79 Å². The van der Waals surface area contributed by atoms with Crippen LogP contribution in [0.5, 0.6) is 0 Å². The lowest BCUT2D eigenvalue weighted by molar-refractivity contribution is 0.102. The highest BCUT2D eigenvalue weighted by atomic mass is 127. The molecule has 98 valence electrons. The van der Waals surface area contributed by atoms with E-state index in [1.807, 2.05) is 31.2 Å². The molecule has 0 radical (unpaired) electrons. The monoisotopic (exact) mass is 368 g/mol. The van der Waals surface area contributed by atoms with Crippen molar-refractivity contribution in [3.05, 3.63) is 51.2 Å². The van der Waals surface area contributed by atoms with Crippen LogP contribution in [0.3, 0.4) is 0 Å². The number of nitrogens with zero attached hydrogens (tertiary/aromatic N) is 1. The number of anilines is 2.